The number of nitrogens with zero attached hydrogens (tertiary/aromatic N) is 2. The lowest BCUT2D eigenvalue weighted by Crippen LogP contribution is -2.42. The average molecular weight is 276 g/mol. The van der Waals surface area contributed by atoms with Crippen molar-refractivity contribution in [3.8, 4) is 0 Å². The molecule has 1 aromatic rings. The van der Waals surface area contributed by atoms with Gasteiger partial charge in [-0.2, -0.15) is 0 Å². The number of anilines is 1. The van der Waals surface area contributed by atoms with E-state index in [1.807, 2.05) is 31.1 Å². The lowest BCUT2D eigenvalue weighted by Gasteiger charge is -2.22. The molecule has 1 saturated heterocycles. The number of carbonyl (C=O) groups is 2. The second-order valence-electron chi connectivity index (χ2n) is 5.14. The molecule has 20 heavy (non-hydrogen) atoms. The van der Waals surface area contributed by atoms with Crippen molar-refractivity contribution in [3.05, 3.63) is 23.9 Å². The van der Waals surface area contributed by atoms with E-state index in [2.05, 4.69) is 15.6 Å². The summed E-state index contributed by atoms with van der Waals surface area (Å²) in [7, 11) is 3.84. The molecule has 6 heteroatoms. The molecule has 1 aromatic heterocycles. The Morgan fingerprint density at radius 3 is 3.00 bits per heavy atom. The Labute approximate surface area is 118 Å². The summed E-state index contributed by atoms with van der Waals surface area (Å²) in [5.41, 5.74) is 0.977. The van der Waals surface area contributed by atoms with Crippen molar-refractivity contribution in [2.75, 3.05) is 25.5 Å². The zero-order valence-electron chi connectivity index (χ0n) is 11.8. The van der Waals surface area contributed by atoms with Gasteiger partial charge < -0.3 is 15.5 Å². The van der Waals surface area contributed by atoms with Crippen molar-refractivity contribution in [1.82, 2.24) is 15.6 Å². The third-order valence-electron chi connectivity index (χ3n) is 3.38. The monoisotopic (exact) mass is 276 g/mol. The first-order chi connectivity index (χ1) is 9.58. The van der Waals surface area contributed by atoms with Gasteiger partial charge >= 0.3 is 0 Å². The summed E-state index contributed by atoms with van der Waals surface area (Å²) in [5, 5.41) is 5.64. The molecule has 1 aliphatic heterocycles. The Kier molecular flexibility index (Phi) is 4.55. The molecule has 2 N–H and O–H groups in total. The molecule has 0 spiro atoms. The third kappa shape index (κ3) is 3.46. The number of carbonyl (C=O) groups excluding carboxylic acids is 2. The maximum Gasteiger partial charge on any atom is 0.225 e. The van der Waals surface area contributed by atoms with Gasteiger partial charge in [0.25, 0.3) is 0 Å². The molecule has 2 amide bonds. The Morgan fingerprint density at radius 1 is 1.55 bits per heavy atom. The van der Waals surface area contributed by atoms with Crippen LogP contribution >= 0.6 is 0 Å². The zero-order valence-corrected chi connectivity index (χ0v) is 11.8. The molecular weight excluding hydrogens is 256 g/mol. The van der Waals surface area contributed by atoms with E-state index in [1.165, 1.54) is 0 Å². The quantitative estimate of drug-likeness (QED) is 0.829. The zero-order chi connectivity index (χ0) is 14.5. The Hall–Kier alpha value is -2.11. The van der Waals surface area contributed by atoms with Crippen LogP contribution in [0, 0.1) is 5.92 Å². The molecular formula is C14H20N4O2. The van der Waals surface area contributed by atoms with Crippen molar-refractivity contribution in [2.24, 2.45) is 5.92 Å². The Bertz CT molecular complexity index is 492. The molecule has 0 bridgehead atoms. The van der Waals surface area contributed by atoms with E-state index in [4.69, 9.17) is 0 Å². The fourth-order valence-electron chi connectivity index (χ4n) is 2.25. The van der Waals surface area contributed by atoms with E-state index >= 15 is 0 Å². The van der Waals surface area contributed by atoms with Crippen LogP contribution in [-0.4, -0.2) is 37.4 Å². The number of pyridine rings is 1. The van der Waals surface area contributed by atoms with Gasteiger partial charge in [0.05, 0.1) is 5.92 Å². The number of amides is 2. The van der Waals surface area contributed by atoms with Gasteiger partial charge in [0.15, 0.2) is 0 Å². The first-order valence-corrected chi connectivity index (χ1v) is 6.73. The third-order valence-corrected chi connectivity index (χ3v) is 3.38. The highest BCUT2D eigenvalue weighted by molar-refractivity contribution is 5.83. The summed E-state index contributed by atoms with van der Waals surface area (Å²) in [6.07, 6.45) is 2.77. The van der Waals surface area contributed by atoms with Crippen molar-refractivity contribution in [1.29, 1.82) is 0 Å². The SMILES string of the molecule is CN(C)c1ncccc1CNC(=O)[C@@H]1CCC(=O)NC1. The molecule has 0 aliphatic carbocycles. The first-order valence-electron chi connectivity index (χ1n) is 6.73. The second kappa shape index (κ2) is 6.36. The number of rotatable bonds is 4. The predicted molar refractivity (Wildman–Crippen MR) is 76.1 cm³/mol. The van der Waals surface area contributed by atoms with E-state index in [9.17, 15) is 9.59 Å². The van der Waals surface area contributed by atoms with E-state index < -0.39 is 0 Å². The maximum absolute atomic E-state index is 12.1. The number of nitrogens with one attached hydrogen (secondary N) is 2. The lowest BCUT2D eigenvalue weighted by molar-refractivity contribution is -0.129. The first kappa shape index (κ1) is 14.3. The van der Waals surface area contributed by atoms with Gasteiger partial charge in [-0.1, -0.05) is 6.07 Å². The van der Waals surface area contributed by atoms with E-state index in [0.29, 0.717) is 25.9 Å². The van der Waals surface area contributed by atoms with E-state index in [0.717, 1.165) is 11.4 Å². The molecule has 0 saturated carbocycles. The summed E-state index contributed by atoms with van der Waals surface area (Å²) in [6, 6.07) is 3.81. The summed E-state index contributed by atoms with van der Waals surface area (Å²) >= 11 is 0. The van der Waals surface area contributed by atoms with Crippen molar-refractivity contribution in [2.45, 2.75) is 19.4 Å². The van der Waals surface area contributed by atoms with Gasteiger partial charge in [-0.25, -0.2) is 4.98 Å². The summed E-state index contributed by atoms with van der Waals surface area (Å²) in [4.78, 5) is 29.4. The molecule has 1 aliphatic rings. The molecule has 1 fully saturated rings. The lowest BCUT2D eigenvalue weighted by atomic mass is 9.98. The molecule has 1 atom stereocenters. The van der Waals surface area contributed by atoms with E-state index in [-0.39, 0.29) is 17.7 Å². The minimum absolute atomic E-state index is 0.0152. The highest BCUT2D eigenvalue weighted by atomic mass is 16.2. The smallest absolute Gasteiger partial charge is 0.225 e. The fraction of sp³-hybridized carbons (Fsp3) is 0.500. The van der Waals surface area contributed by atoms with Crippen molar-refractivity contribution in [3.63, 3.8) is 0 Å². The van der Waals surface area contributed by atoms with Crippen LogP contribution in [-0.2, 0) is 16.1 Å². The normalized spacial score (nSPS) is 18.3. The van der Waals surface area contributed by atoms with E-state index in [1.54, 1.807) is 6.20 Å². The van der Waals surface area contributed by atoms with Gasteiger partial charge in [0, 0.05) is 45.4 Å². The molecule has 0 unspecified atom stereocenters. The van der Waals surface area contributed by atoms with Crippen LogP contribution in [0.5, 0.6) is 0 Å². The second-order valence-corrected chi connectivity index (χ2v) is 5.14. The molecule has 2 heterocycles. The van der Waals surface area contributed by atoms with Gasteiger partial charge in [0.2, 0.25) is 11.8 Å². The molecule has 6 nitrogen and oxygen atoms in total. The molecule has 108 valence electrons. The largest absolute Gasteiger partial charge is 0.362 e. The Morgan fingerprint density at radius 2 is 2.35 bits per heavy atom. The standard InChI is InChI=1S/C14H20N4O2/c1-18(2)13-10(4-3-7-15-13)8-17-14(20)11-5-6-12(19)16-9-11/h3-4,7,11H,5-6,8-9H2,1-2H3,(H,16,19)(H,17,20)/t11-/m1/s1. The van der Waals surface area contributed by atoms with Crippen LogP contribution in [0.4, 0.5) is 5.82 Å². The molecule has 2 rings (SSSR count). The molecule has 0 aromatic carbocycles. The molecule has 0 radical (unpaired) electrons. The van der Waals surface area contributed by atoms with Gasteiger partial charge in [-0.15, -0.1) is 0 Å². The predicted octanol–water partition coefficient (Wildman–Crippen LogP) is 0.290. The Balaban J connectivity index is 1.92. The van der Waals surface area contributed by atoms with Crippen LogP contribution in [0.15, 0.2) is 18.3 Å². The maximum atomic E-state index is 12.1. The van der Waals surface area contributed by atoms with Gasteiger partial charge in [-0.05, 0) is 12.5 Å². The number of hydrogen-bond acceptors (Lipinski definition) is 4. The summed E-state index contributed by atoms with van der Waals surface area (Å²) in [5.74, 6) is 0.728. The van der Waals surface area contributed by atoms with Crippen LogP contribution < -0.4 is 15.5 Å². The van der Waals surface area contributed by atoms with Gasteiger partial charge in [0.1, 0.15) is 5.82 Å². The fourth-order valence-corrected chi connectivity index (χ4v) is 2.25. The summed E-state index contributed by atoms with van der Waals surface area (Å²) in [6.45, 7) is 0.878. The number of piperidine rings is 1. The van der Waals surface area contributed by atoms with Crippen LogP contribution in [0.1, 0.15) is 18.4 Å². The highest BCUT2D eigenvalue weighted by Gasteiger charge is 2.24. The number of aromatic nitrogens is 1. The van der Waals surface area contributed by atoms with Crippen molar-refractivity contribution < 1.29 is 9.59 Å². The van der Waals surface area contributed by atoms with Gasteiger partial charge in [-0.3, -0.25) is 9.59 Å². The summed E-state index contributed by atoms with van der Waals surface area (Å²) < 4.78 is 0. The van der Waals surface area contributed by atoms with Crippen LogP contribution in [0.25, 0.3) is 0 Å². The minimum atomic E-state index is -0.132. The van der Waals surface area contributed by atoms with Crippen LogP contribution in [0.3, 0.4) is 0 Å². The number of hydrogen-bond donors (Lipinski definition) is 2. The minimum Gasteiger partial charge on any atom is -0.362 e. The topological polar surface area (TPSA) is 74.3 Å². The van der Waals surface area contributed by atoms with Crippen LogP contribution in [0.2, 0.25) is 0 Å². The highest BCUT2D eigenvalue weighted by Crippen LogP contribution is 2.15. The average Bonchev–Trinajstić information content (AvgIpc) is 2.45. The van der Waals surface area contributed by atoms with Crippen molar-refractivity contribution >= 4 is 17.6 Å².